The Kier molecular flexibility index (Phi) is 4.10. The average molecular weight is 348 g/mol. The summed E-state index contributed by atoms with van der Waals surface area (Å²) in [6, 6.07) is 1.66. The highest BCUT2D eigenvalue weighted by atomic mass is 32.1. The highest BCUT2D eigenvalue weighted by Crippen LogP contribution is 2.27. The Morgan fingerprint density at radius 3 is 2.83 bits per heavy atom. The number of aromatic nitrogens is 2. The molecule has 118 valence electrons. The molecule has 0 amide bonds. The molecule has 0 saturated heterocycles. The SMILES string of the molecule is CC(=O)c1sc2nc(COC(=O)c3ccsc3)[nH]c(=O)c2c1C. The number of H-pyrrole nitrogens is 1. The zero-order valence-electron chi connectivity index (χ0n) is 12.3. The lowest BCUT2D eigenvalue weighted by Crippen LogP contribution is -2.14. The third-order valence-corrected chi connectivity index (χ3v) is 5.24. The van der Waals surface area contributed by atoms with Gasteiger partial charge in [0, 0.05) is 5.38 Å². The van der Waals surface area contributed by atoms with Crippen LogP contribution in [0.5, 0.6) is 0 Å². The van der Waals surface area contributed by atoms with E-state index in [1.54, 1.807) is 23.8 Å². The van der Waals surface area contributed by atoms with E-state index in [1.807, 2.05) is 0 Å². The summed E-state index contributed by atoms with van der Waals surface area (Å²) in [5.41, 5.74) is 0.759. The summed E-state index contributed by atoms with van der Waals surface area (Å²) < 4.78 is 5.13. The van der Waals surface area contributed by atoms with Gasteiger partial charge in [0.2, 0.25) is 0 Å². The van der Waals surface area contributed by atoms with E-state index in [-0.39, 0.29) is 23.8 Å². The maximum atomic E-state index is 12.2. The van der Waals surface area contributed by atoms with E-state index in [4.69, 9.17) is 4.74 Å². The number of rotatable bonds is 4. The number of carbonyl (C=O) groups is 2. The third kappa shape index (κ3) is 2.95. The van der Waals surface area contributed by atoms with Crippen LogP contribution in [-0.2, 0) is 11.3 Å². The Morgan fingerprint density at radius 2 is 2.17 bits per heavy atom. The van der Waals surface area contributed by atoms with Gasteiger partial charge in [-0.15, -0.1) is 11.3 Å². The van der Waals surface area contributed by atoms with Gasteiger partial charge in [0.1, 0.15) is 17.3 Å². The zero-order chi connectivity index (χ0) is 16.6. The summed E-state index contributed by atoms with van der Waals surface area (Å²) in [4.78, 5) is 43.4. The molecule has 0 aliphatic carbocycles. The van der Waals surface area contributed by atoms with Crippen LogP contribution < -0.4 is 5.56 Å². The van der Waals surface area contributed by atoms with E-state index in [2.05, 4.69) is 9.97 Å². The van der Waals surface area contributed by atoms with Crippen molar-refractivity contribution in [3.63, 3.8) is 0 Å². The Bertz CT molecular complexity index is 954. The van der Waals surface area contributed by atoms with Crippen LogP contribution in [0.3, 0.4) is 0 Å². The Labute approximate surface area is 138 Å². The predicted octanol–water partition coefficient (Wildman–Crippen LogP) is 2.91. The van der Waals surface area contributed by atoms with E-state index < -0.39 is 5.97 Å². The minimum absolute atomic E-state index is 0.102. The number of nitrogens with zero attached hydrogens (tertiary/aromatic N) is 1. The van der Waals surface area contributed by atoms with E-state index in [0.717, 1.165) is 0 Å². The molecule has 8 heteroatoms. The summed E-state index contributed by atoms with van der Waals surface area (Å²) >= 11 is 2.57. The lowest BCUT2D eigenvalue weighted by Gasteiger charge is -2.03. The second-order valence-electron chi connectivity index (χ2n) is 4.89. The van der Waals surface area contributed by atoms with Gasteiger partial charge in [0.25, 0.3) is 5.56 Å². The number of Topliss-reactive ketones (excluding diaryl/α,β-unsaturated/α-hetero) is 1. The maximum Gasteiger partial charge on any atom is 0.339 e. The van der Waals surface area contributed by atoms with Crippen molar-refractivity contribution < 1.29 is 14.3 Å². The molecule has 0 unspecified atom stereocenters. The van der Waals surface area contributed by atoms with Crippen LogP contribution in [-0.4, -0.2) is 21.7 Å². The van der Waals surface area contributed by atoms with Crippen molar-refractivity contribution in [2.45, 2.75) is 20.5 Å². The highest BCUT2D eigenvalue weighted by molar-refractivity contribution is 7.20. The quantitative estimate of drug-likeness (QED) is 0.578. The van der Waals surface area contributed by atoms with Gasteiger partial charge < -0.3 is 9.72 Å². The Balaban J connectivity index is 1.89. The molecule has 1 N–H and O–H groups in total. The number of ether oxygens (including phenoxy) is 1. The first kappa shape index (κ1) is 15.6. The normalized spacial score (nSPS) is 10.9. The fourth-order valence-corrected chi connectivity index (χ4v) is 3.91. The molecule has 23 heavy (non-hydrogen) atoms. The number of carbonyl (C=O) groups excluding carboxylic acids is 2. The first-order valence-electron chi connectivity index (χ1n) is 6.70. The van der Waals surface area contributed by atoms with Crippen LogP contribution in [0, 0.1) is 6.92 Å². The van der Waals surface area contributed by atoms with Gasteiger partial charge in [-0.05, 0) is 30.9 Å². The van der Waals surface area contributed by atoms with Crippen LogP contribution in [0.15, 0.2) is 21.6 Å². The number of hydrogen-bond donors (Lipinski definition) is 1. The molecular formula is C15H12N2O4S2. The molecule has 6 nitrogen and oxygen atoms in total. The minimum atomic E-state index is -0.471. The summed E-state index contributed by atoms with van der Waals surface area (Å²) in [7, 11) is 0. The number of fused-ring (bicyclic) bond motifs is 1. The monoisotopic (exact) mass is 348 g/mol. The molecule has 0 aliphatic heterocycles. The molecule has 0 bridgehead atoms. The Morgan fingerprint density at radius 1 is 1.39 bits per heavy atom. The third-order valence-electron chi connectivity index (χ3n) is 3.27. The lowest BCUT2D eigenvalue weighted by molar-refractivity contribution is 0.0463. The molecule has 3 rings (SSSR count). The highest BCUT2D eigenvalue weighted by Gasteiger charge is 2.17. The van der Waals surface area contributed by atoms with Crippen molar-refractivity contribution in [3.8, 4) is 0 Å². The number of ketones is 1. The van der Waals surface area contributed by atoms with Crippen LogP contribution in [0.2, 0.25) is 0 Å². The molecule has 0 aliphatic rings. The number of aromatic amines is 1. The van der Waals surface area contributed by atoms with E-state index >= 15 is 0 Å². The van der Waals surface area contributed by atoms with Crippen molar-refractivity contribution >= 4 is 44.6 Å². The molecule has 3 heterocycles. The smallest absolute Gasteiger partial charge is 0.339 e. The number of aryl methyl sites for hydroxylation is 1. The van der Waals surface area contributed by atoms with E-state index in [1.165, 1.54) is 29.6 Å². The molecule has 0 aromatic carbocycles. The van der Waals surface area contributed by atoms with Crippen molar-refractivity contribution in [3.05, 3.63) is 49.0 Å². The maximum absolute atomic E-state index is 12.2. The fourth-order valence-electron chi connectivity index (χ4n) is 2.19. The predicted molar refractivity (Wildman–Crippen MR) is 88.4 cm³/mol. The second kappa shape index (κ2) is 6.05. The van der Waals surface area contributed by atoms with Crippen LogP contribution in [0.25, 0.3) is 10.2 Å². The topological polar surface area (TPSA) is 89.1 Å². The van der Waals surface area contributed by atoms with Gasteiger partial charge in [-0.3, -0.25) is 9.59 Å². The van der Waals surface area contributed by atoms with Gasteiger partial charge in [0.05, 0.1) is 15.8 Å². The fraction of sp³-hybridized carbons (Fsp3) is 0.200. The van der Waals surface area contributed by atoms with Crippen LogP contribution in [0.4, 0.5) is 0 Å². The van der Waals surface area contributed by atoms with E-state index in [0.29, 0.717) is 26.2 Å². The van der Waals surface area contributed by atoms with Crippen LogP contribution in [0.1, 0.15) is 38.3 Å². The number of esters is 1. The van der Waals surface area contributed by atoms with Crippen molar-refractivity contribution in [2.75, 3.05) is 0 Å². The largest absolute Gasteiger partial charge is 0.454 e. The molecule has 3 aromatic heterocycles. The second-order valence-corrected chi connectivity index (χ2v) is 6.67. The molecule has 0 fully saturated rings. The number of thiophene rings is 2. The first-order chi connectivity index (χ1) is 11.0. The summed E-state index contributed by atoms with van der Waals surface area (Å²) in [5, 5.41) is 3.87. The molecule has 0 spiro atoms. The Hall–Kier alpha value is -2.32. The summed E-state index contributed by atoms with van der Waals surface area (Å²) in [6.45, 7) is 3.05. The van der Waals surface area contributed by atoms with E-state index in [9.17, 15) is 14.4 Å². The first-order valence-corrected chi connectivity index (χ1v) is 8.46. The van der Waals surface area contributed by atoms with Gasteiger partial charge >= 0.3 is 5.97 Å². The molecule has 0 radical (unpaired) electrons. The van der Waals surface area contributed by atoms with Crippen molar-refractivity contribution in [1.82, 2.24) is 9.97 Å². The molecular weight excluding hydrogens is 336 g/mol. The molecule has 3 aromatic rings. The number of hydrogen-bond acceptors (Lipinski definition) is 7. The average Bonchev–Trinajstić information content (AvgIpc) is 3.13. The minimum Gasteiger partial charge on any atom is -0.454 e. The summed E-state index contributed by atoms with van der Waals surface area (Å²) in [6.07, 6.45) is 0. The molecule has 0 saturated carbocycles. The van der Waals surface area contributed by atoms with Gasteiger partial charge in [-0.25, -0.2) is 9.78 Å². The standard InChI is InChI=1S/C15H12N2O4S2/c1-7-11-13(19)16-10(17-14(11)23-12(7)8(2)18)5-21-15(20)9-3-4-22-6-9/h3-4,6H,5H2,1-2H3,(H,16,17,19). The van der Waals surface area contributed by atoms with Gasteiger partial charge in [0.15, 0.2) is 5.78 Å². The molecule has 0 atom stereocenters. The van der Waals surface area contributed by atoms with Gasteiger partial charge in [-0.1, -0.05) is 0 Å². The zero-order valence-corrected chi connectivity index (χ0v) is 14.0. The summed E-state index contributed by atoms with van der Waals surface area (Å²) in [5.74, 6) is -0.321. The van der Waals surface area contributed by atoms with Crippen molar-refractivity contribution in [2.24, 2.45) is 0 Å². The van der Waals surface area contributed by atoms with Crippen LogP contribution >= 0.6 is 22.7 Å². The van der Waals surface area contributed by atoms with Crippen molar-refractivity contribution in [1.29, 1.82) is 0 Å². The lowest BCUT2D eigenvalue weighted by atomic mass is 10.2. The van der Waals surface area contributed by atoms with Gasteiger partial charge in [-0.2, -0.15) is 11.3 Å². The number of nitrogens with one attached hydrogen (secondary N) is 1.